The number of benzene rings is 2. The van der Waals surface area contributed by atoms with Crippen molar-refractivity contribution in [1.29, 1.82) is 0 Å². The van der Waals surface area contributed by atoms with Crippen molar-refractivity contribution < 1.29 is 13.9 Å². The Bertz CT molecular complexity index is 1070. The van der Waals surface area contributed by atoms with Crippen LogP contribution >= 0.6 is 11.8 Å². The number of ether oxygens (including phenoxy) is 1. The molecule has 0 radical (unpaired) electrons. The maximum Gasteiger partial charge on any atom is 0.233 e. The molecule has 31 heavy (non-hydrogen) atoms. The zero-order valence-electron chi connectivity index (χ0n) is 17.1. The van der Waals surface area contributed by atoms with Crippen molar-refractivity contribution in [2.24, 2.45) is 0 Å². The number of aromatic nitrogens is 3. The number of hydrogen-bond donors (Lipinski definition) is 2. The van der Waals surface area contributed by atoms with Crippen LogP contribution in [0.15, 0.2) is 53.7 Å². The topological polar surface area (TPSA) is 95.1 Å². The third-order valence-electron chi connectivity index (χ3n) is 5.27. The quantitative estimate of drug-likeness (QED) is 0.431. The average molecular weight is 442 g/mol. The van der Waals surface area contributed by atoms with E-state index in [2.05, 4.69) is 27.6 Å². The molecule has 2 unspecified atom stereocenters. The number of amides is 1. The highest BCUT2D eigenvalue weighted by Crippen LogP contribution is 2.30. The first kappa shape index (κ1) is 21.2. The summed E-state index contributed by atoms with van der Waals surface area (Å²) >= 11 is 1.22. The van der Waals surface area contributed by atoms with Gasteiger partial charge < -0.3 is 15.9 Å². The number of para-hydroxylation sites is 1. The lowest BCUT2D eigenvalue weighted by Crippen LogP contribution is -2.36. The molecule has 0 aliphatic heterocycles. The second-order valence-electron chi connectivity index (χ2n) is 7.40. The molecule has 1 heterocycles. The van der Waals surface area contributed by atoms with Crippen molar-refractivity contribution in [2.75, 3.05) is 5.84 Å². The molecule has 1 amide bonds. The fourth-order valence-electron chi connectivity index (χ4n) is 3.59. The van der Waals surface area contributed by atoms with Gasteiger partial charge in [-0.25, -0.2) is 9.07 Å². The van der Waals surface area contributed by atoms with Crippen LogP contribution in [0.5, 0.6) is 5.75 Å². The molecule has 3 aromatic rings. The van der Waals surface area contributed by atoms with Gasteiger partial charge in [0.2, 0.25) is 11.1 Å². The average Bonchev–Trinajstić information content (AvgIpc) is 3.12. The van der Waals surface area contributed by atoms with Crippen LogP contribution in [0.25, 0.3) is 0 Å². The van der Waals surface area contributed by atoms with E-state index in [1.807, 2.05) is 12.1 Å². The molecule has 7 nitrogen and oxygen atoms in total. The summed E-state index contributed by atoms with van der Waals surface area (Å²) in [5.41, 5.74) is 2.48. The maximum atomic E-state index is 13.7. The number of nitrogens with one attached hydrogen (secondary N) is 1. The third-order valence-corrected chi connectivity index (χ3v) is 6.32. The Kier molecular flexibility index (Phi) is 6.41. The van der Waals surface area contributed by atoms with E-state index in [0.29, 0.717) is 11.0 Å². The van der Waals surface area contributed by atoms with Gasteiger partial charge in [-0.3, -0.25) is 4.79 Å². The van der Waals surface area contributed by atoms with E-state index in [-0.39, 0.29) is 24.3 Å². The van der Waals surface area contributed by atoms with E-state index in [1.54, 1.807) is 19.1 Å². The molecule has 1 aromatic heterocycles. The number of carbonyl (C=O) groups is 1. The highest BCUT2D eigenvalue weighted by Gasteiger charge is 2.25. The molecule has 0 fully saturated rings. The minimum absolute atomic E-state index is 0.0148. The molecular formula is C22H24FN5O2S. The predicted molar refractivity (Wildman–Crippen MR) is 116 cm³/mol. The summed E-state index contributed by atoms with van der Waals surface area (Å²) in [7, 11) is 0. The zero-order valence-corrected chi connectivity index (χ0v) is 17.9. The fourth-order valence-corrected chi connectivity index (χ4v) is 4.39. The molecule has 1 aliphatic carbocycles. The van der Waals surface area contributed by atoms with Crippen molar-refractivity contribution in [3.63, 3.8) is 0 Å². The van der Waals surface area contributed by atoms with Gasteiger partial charge in [0.05, 0.1) is 11.3 Å². The summed E-state index contributed by atoms with van der Waals surface area (Å²) in [6, 6.07) is 14.3. The third kappa shape index (κ3) is 4.82. The molecule has 2 atom stereocenters. The van der Waals surface area contributed by atoms with E-state index >= 15 is 0 Å². The summed E-state index contributed by atoms with van der Waals surface area (Å²) in [6.07, 6.45) is 3.01. The smallest absolute Gasteiger partial charge is 0.233 e. The Balaban J connectivity index is 1.36. The van der Waals surface area contributed by atoms with Gasteiger partial charge in [0.25, 0.3) is 0 Å². The van der Waals surface area contributed by atoms with Gasteiger partial charge in [-0.05, 0) is 49.4 Å². The number of nitrogens with zero attached hydrogens (tertiary/aromatic N) is 3. The number of halogens is 1. The standard InChI is InChI=1S/C22H24FN5O2S/c1-14(21(29)25-18-11-6-8-15-7-2-3-9-16(15)18)31-22-27-26-20(28(22)24)13-30-19-12-5-4-10-17(19)23/h2-5,7,9-10,12,14,18H,6,8,11,13,24H2,1H3,(H,25,29). The highest BCUT2D eigenvalue weighted by molar-refractivity contribution is 8.00. The van der Waals surface area contributed by atoms with Crippen molar-refractivity contribution in [2.45, 2.75) is 49.2 Å². The van der Waals surface area contributed by atoms with Crippen molar-refractivity contribution in [3.8, 4) is 5.75 Å². The molecule has 0 saturated carbocycles. The van der Waals surface area contributed by atoms with Crippen LogP contribution in [-0.2, 0) is 17.8 Å². The number of thioether (sulfide) groups is 1. The van der Waals surface area contributed by atoms with Crippen LogP contribution in [0.4, 0.5) is 4.39 Å². The normalized spacial score (nSPS) is 16.4. The Morgan fingerprint density at radius 1 is 1.29 bits per heavy atom. The van der Waals surface area contributed by atoms with Crippen LogP contribution in [-0.4, -0.2) is 26.0 Å². The molecule has 0 spiro atoms. The van der Waals surface area contributed by atoms with Gasteiger partial charge in [-0.15, -0.1) is 10.2 Å². The number of hydrogen-bond acceptors (Lipinski definition) is 6. The van der Waals surface area contributed by atoms with Crippen molar-refractivity contribution in [3.05, 3.63) is 71.3 Å². The zero-order chi connectivity index (χ0) is 21.8. The largest absolute Gasteiger partial charge is 0.482 e. The minimum Gasteiger partial charge on any atom is -0.482 e. The first-order valence-electron chi connectivity index (χ1n) is 10.1. The molecular weight excluding hydrogens is 417 g/mol. The number of carbonyl (C=O) groups excluding carboxylic acids is 1. The number of rotatable bonds is 7. The predicted octanol–water partition coefficient (Wildman–Crippen LogP) is 3.38. The Morgan fingerprint density at radius 3 is 2.90 bits per heavy atom. The monoisotopic (exact) mass is 441 g/mol. The lowest BCUT2D eigenvalue weighted by atomic mass is 9.88. The van der Waals surface area contributed by atoms with Gasteiger partial charge in [-0.2, -0.15) is 0 Å². The van der Waals surface area contributed by atoms with Gasteiger partial charge in [0.1, 0.15) is 6.61 Å². The molecule has 4 rings (SSSR count). The molecule has 1 aliphatic rings. The first-order valence-corrected chi connectivity index (χ1v) is 11.0. The molecule has 9 heteroatoms. The summed E-state index contributed by atoms with van der Waals surface area (Å²) in [5.74, 6) is 5.96. The summed E-state index contributed by atoms with van der Waals surface area (Å²) < 4.78 is 20.4. The van der Waals surface area contributed by atoms with Crippen LogP contribution in [0.2, 0.25) is 0 Å². The number of nitrogens with two attached hydrogens (primary N) is 1. The van der Waals surface area contributed by atoms with Gasteiger partial charge in [0.15, 0.2) is 17.4 Å². The molecule has 2 aromatic carbocycles. The second-order valence-corrected chi connectivity index (χ2v) is 8.71. The van der Waals surface area contributed by atoms with Crippen molar-refractivity contribution in [1.82, 2.24) is 20.2 Å². The van der Waals surface area contributed by atoms with Crippen LogP contribution in [0, 0.1) is 5.82 Å². The summed E-state index contributed by atoms with van der Waals surface area (Å²) in [4.78, 5) is 12.8. The number of fused-ring (bicyclic) bond motifs is 1. The maximum absolute atomic E-state index is 13.7. The molecule has 0 bridgehead atoms. The van der Waals surface area contributed by atoms with Crippen LogP contribution < -0.4 is 15.9 Å². The minimum atomic E-state index is -0.463. The molecule has 0 saturated heterocycles. The summed E-state index contributed by atoms with van der Waals surface area (Å²) in [5, 5.41) is 11.2. The van der Waals surface area contributed by atoms with Crippen molar-refractivity contribution >= 4 is 17.7 Å². The van der Waals surface area contributed by atoms with Gasteiger partial charge in [0, 0.05) is 0 Å². The summed E-state index contributed by atoms with van der Waals surface area (Å²) in [6.45, 7) is 1.77. The Labute approximate surface area is 184 Å². The van der Waals surface area contributed by atoms with Gasteiger partial charge >= 0.3 is 0 Å². The Morgan fingerprint density at radius 2 is 2.06 bits per heavy atom. The fraction of sp³-hybridized carbons (Fsp3) is 0.318. The number of nitrogen functional groups attached to an aromatic ring is 1. The van der Waals surface area contributed by atoms with E-state index in [1.165, 1.54) is 39.7 Å². The van der Waals surface area contributed by atoms with E-state index in [0.717, 1.165) is 19.3 Å². The van der Waals surface area contributed by atoms with E-state index in [4.69, 9.17) is 10.6 Å². The van der Waals surface area contributed by atoms with E-state index in [9.17, 15) is 9.18 Å². The lowest BCUT2D eigenvalue weighted by Gasteiger charge is -2.27. The second kappa shape index (κ2) is 9.38. The molecule has 3 N–H and O–H groups in total. The SMILES string of the molecule is CC(Sc1nnc(COc2ccccc2F)n1N)C(=O)NC1CCCc2ccccc21. The molecule has 162 valence electrons. The highest BCUT2D eigenvalue weighted by atomic mass is 32.2. The van der Waals surface area contributed by atoms with Gasteiger partial charge in [-0.1, -0.05) is 48.2 Å². The van der Waals surface area contributed by atoms with Crippen LogP contribution in [0.1, 0.15) is 42.8 Å². The number of aryl methyl sites for hydroxylation is 1. The van der Waals surface area contributed by atoms with E-state index < -0.39 is 11.1 Å². The van der Waals surface area contributed by atoms with Crippen LogP contribution in [0.3, 0.4) is 0 Å². The first-order chi connectivity index (χ1) is 15.0. The Hall–Kier alpha value is -3.07. The lowest BCUT2D eigenvalue weighted by molar-refractivity contribution is -0.121.